The quantitative estimate of drug-likeness (QED) is 0.811. The number of carbonyl (C=O) groups is 1. The van der Waals surface area contributed by atoms with Crippen LogP contribution >= 0.6 is 11.8 Å². The van der Waals surface area contributed by atoms with Crippen LogP contribution in [0.15, 0.2) is 30.6 Å². The number of fused-ring (bicyclic) bond motifs is 3. The van der Waals surface area contributed by atoms with Crippen molar-refractivity contribution in [1.82, 2.24) is 14.9 Å². The second kappa shape index (κ2) is 4.31. The summed E-state index contributed by atoms with van der Waals surface area (Å²) in [6, 6.07) is 6.48. The Balaban J connectivity index is 2.02. The van der Waals surface area contributed by atoms with Crippen LogP contribution in [0.4, 0.5) is 0 Å². The van der Waals surface area contributed by atoms with E-state index < -0.39 is 4.87 Å². The molecule has 0 aliphatic carbocycles. The minimum absolute atomic E-state index is 0.00209. The zero-order chi connectivity index (χ0) is 14.6. The van der Waals surface area contributed by atoms with Crippen molar-refractivity contribution < 1.29 is 4.79 Å². The smallest absolute Gasteiger partial charge is 0.276 e. The van der Waals surface area contributed by atoms with Crippen LogP contribution in [0.1, 0.15) is 32.9 Å². The van der Waals surface area contributed by atoms with Gasteiger partial charge in [0.2, 0.25) is 0 Å². The second-order valence-electron chi connectivity index (χ2n) is 5.58. The molecule has 1 saturated heterocycles. The molecule has 2 aliphatic heterocycles. The molecule has 0 bridgehead atoms. The molecule has 1 unspecified atom stereocenters. The Morgan fingerprint density at radius 2 is 1.86 bits per heavy atom. The first-order chi connectivity index (χ1) is 10.1. The number of aromatic nitrogens is 2. The lowest BCUT2D eigenvalue weighted by molar-refractivity contribution is 0.0748. The SMILES string of the molecule is Cc1cc(C)cc(C23SCCN2C(=O)c2nccnc23)c1. The van der Waals surface area contributed by atoms with Crippen LogP contribution in [0.2, 0.25) is 0 Å². The van der Waals surface area contributed by atoms with Gasteiger partial charge >= 0.3 is 0 Å². The number of hydrogen-bond acceptors (Lipinski definition) is 4. The van der Waals surface area contributed by atoms with Crippen LogP contribution in [0.5, 0.6) is 0 Å². The van der Waals surface area contributed by atoms with Gasteiger partial charge in [-0.05, 0) is 19.4 Å². The summed E-state index contributed by atoms with van der Waals surface area (Å²) in [6.07, 6.45) is 3.28. The lowest BCUT2D eigenvalue weighted by atomic mass is 9.98. The summed E-state index contributed by atoms with van der Waals surface area (Å²) in [6.45, 7) is 4.92. The number of rotatable bonds is 1. The largest absolute Gasteiger partial charge is 0.312 e. The predicted molar refractivity (Wildman–Crippen MR) is 82.2 cm³/mol. The zero-order valence-corrected chi connectivity index (χ0v) is 12.8. The first-order valence-electron chi connectivity index (χ1n) is 6.99. The Hall–Kier alpha value is -1.88. The third kappa shape index (κ3) is 1.61. The minimum atomic E-state index is -0.489. The fraction of sp³-hybridized carbons (Fsp3) is 0.312. The van der Waals surface area contributed by atoms with Gasteiger partial charge in [-0.25, -0.2) is 4.98 Å². The standard InChI is InChI=1S/C16H15N3OS/c1-10-7-11(2)9-12(8-10)16-14-13(17-3-4-18-14)15(20)19(16)5-6-21-16/h3-4,7-9H,5-6H2,1-2H3. The van der Waals surface area contributed by atoms with Crippen LogP contribution < -0.4 is 0 Å². The summed E-state index contributed by atoms with van der Waals surface area (Å²) in [7, 11) is 0. The summed E-state index contributed by atoms with van der Waals surface area (Å²) >= 11 is 1.78. The van der Waals surface area contributed by atoms with Gasteiger partial charge < -0.3 is 4.90 Å². The van der Waals surface area contributed by atoms with Crippen molar-refractivity contribution in [3.63, 3.8) is 0 Å². The van der Waals surface area contributed by atoms with Gasteiger partial charge in [0, 0.05) is 24.7 Å². The van der Waals surface area contributed by atoms with Crippen molar-refractivity contribution in [3.8, 4) is 0 Å². The van der Waals surface area contributed by atoms with Gasteiger partial charge in [0.1, 0.15) is 5.69 Å². The predicted octanol–water partition coefficient (Wildman–Crippen LogP) is 2.50. The summed E-state index contributed by atoms with van der Waals surface area (Å²) in [5, 5.41) is 0. The summed E-state index contributed by atoms with van der Waals surface area (Å²) in [4.78, 5) is 22.9. The van der Waals surface area contributed by atoms with Crippen LogP contribution in [0.3, 0.4) is 0 Å². The number of hydrogen-bond donors (Lipinski definition) is 0. The molecule has 1 amide bonds. The molecule has 0 radical (unpaired) electrons. The normalized spacial score (nSPS) is 23.3. The lowest BCUT2D eigenvalue weighted by Crippen LogP contribution is -2.38. The van der Waals surface area contributed by atoms with Crippen molar-refractivity contribution in [2.45, 2.75) is 18.7 Å². The number of thioether (sulfide) groups is 1. The van der Waals surface area contributed by atoms with E-state index >= 15 is 0 Å². The highest BCUT2D eigenvalue weighted by Crippen LogP contribution is 2.54. The molecule has 0 spiro atoms. The Labute approximate surface area is 127 Å². The van der Waals surface area contributed by atoms with Gasteiger partial charge in [0.25, 0.3) is 5.91 Å². The van der Waals surface area contributed by atoms with Crippen LogP contribution in [-0.4, -0.2) is 33.1 Å². The van der Waals surface area contributed by atoms with Crippen LogP contribution in [0, 0.1) is 13.8 Å². The Bertz CT molecular complexity index is 741. The molecule has 106 valence electrons. The molecule has 1 aromatic carbocycles. The molecule has 1 aromatic heterocycles. The maximum atomic E-state index is 12.6. The van der Waals surface area contributed by atoms with Crippen molar-refractivity contribution >= 4 is 17.7 Å². The van der Waals surface area contributed by atoms with Gasteiger partial charge in [0.15, 0.2) is 10.6 Å². The van der Waals surface area contributed by atoms with E-state index in [1.54, 1.807) is 24.2 Å². The Kier molecular flexibility index (Phi) is 2.63. The highest BCUT2D eigenvalue weighted by molar-refractivity contribution is 8.00. The average Bonchev–Trinajstić information content (AvgIpc) is 2.99. The summed E-state index contributed by atoms with van der Waals surface area (Å²) in [5.74, 6) is 0.927. The average molecular weight is 297 g/mol. The first-order valence-corrected chi connectivity index (χ1v) is 7.97. The highest BCUT2D eigenvalue weighted by Gasteiger charge is 2.56. The van der Waals surface area contributed by atoms with E-state index in [0.29, 0.717) is 5.69 Å². The molecular formula is C16H15N3OS. The minimum Gasteiger partial charge on any atom is -0.312 e. The molecular weight excluding hydrogens is 282 g/mol. The molecule has 1 atom stereocenters. The van der Waals surface area contributed by atoms with E-state index in [1.165, 1.54) is 11.1 Å². The van der Waals surface area contributed by atoms with Crippen molar-refractivity contribution in [1.29, 1.82) is 0 Å². The highest BCUT2D eigenvalue weighted by atomic mass is 32.2. The first kappa shape index (κ1) is 12.8. The van der Waals surface area contributed by atoms with Crippen molar-refractivity contribution in [2.75, 3.05) is 12.3 Å². The number of amides is 1. The van der Waals surface area contributed by atoms with Crippen LogP contribution in [-0.2, 0) is 4.87 Å². The summed E-state index contributed by atoms with van der Waals surface area (Å²) in [5.41, 5.74) is 4.84. The van der Waals surface area contributed by atoms with Gasteiger partial charge in [-0.1, -0.05) is 29.3 Å². The fourth-order valence-corrected chi connectivity index (χ4v) is 4.85. The van der Waals surface area contributed by atoms with Gasteiger partial charge in [-0.2, -0.15) is 0 Å². The molecule has 4 rings (SSSR count). The van der Waals surface area contributed by atoms with E-state index in [4.69, 9.17) is 0 Å². The third-order valence-corrected chi connectivity index (χ3v) is 5.54. The molecule has 0 saturated carbocycles. The van der Waals surface area contributed by atoms with E-state index in [9.17, 15) is 4.79 Å². The molecule has 3 heterocycles. The molecule has 5 heteroatoms. The number of nitrogens with zero attached hydrogens (tertiary/aromatic N) is 3. The fourth-order valence-electron chi connectivity index (χ4n) is 3.38. The second-order valence-corrected chi connectivity index (χ2v) is 6.87. The number of aryl methyl sites for hydroxylation is 2. The van der Waals surface area contributed by atoms with Crippen molar-refractivity contribution in [3.05, 3.63) is 58.7 Å². The van der Waals surface area contributed by atoms with E-state index in [2.05, 4.69) is 42.0 Å². The molecule has 1 fully saturated rings. The number of benzene rings is 1. The van der Waals surface area contributed by atoms with Crippen LogP contribution in [0.25, 0.3) is 0 Å². The van der Waals surface area contributed by atoms with Crippen molar-refractivity contribution in [2.24, 2.45) is 0 Å². The Morgan fingerprint density at radius 3 is 2.62 bits per heavy atom. The van der Waals surface area contributed by atoms with E-state index in [-0.39, 0.29) is 5.91 Å². The molecule has 2 aromatic rings. The Morgan fingerprint density at radius 1 is 1.14 bits per heavy atom. The monoisotopic (exact) mass is 297 g/mol. The maximum absolute atomic E-state index is 12.6. The molecule has 4 nitrogen and oxygen atoms in total. The van der Waals surface area contributed by atoms with Gasteiger partial charge in [-0.15, -0.1) is 11.8 Å². The lowest BCUT2D eigenvalue weighted by Gasteiger charge is -2.31. The maximum Gasteiger partial charge on any atom is 0.276 e. The zero-order valence-electron chi connectivity index (χ0n) is 12.0. The molecule has 0 N–H and O–H groups in total. The number of carbonyl (C=O) groups excluding carboxylic acids is 1. The van der Waals surface area contributed by atoms with E-state index in [1.807, 2.05) is 4.90 Å². The molecule has 21 heavy (non-hydrogen) atoms. The van der Waals surface area contributed by atoms with Gasteiger partial charge in [-0.3, -0.25) is 9.78 Å². The molecule has 2 aliphatic rings. The summed E-state index contributed by atoms with van der Waals surface area (Å²) < 4.78 is 0. The topological polar surface area (TPSA) is 46.1 Å². The van der Waals surface area contributed by atoms with E-state index in [0.717, 1.165) is 23.6 Å². The third-order valence-electron chi connectivity index (χ3n) is 4.09. The van der Waals surface area contributed by atoms with Gasteiger partial charge in [0.05, 0.1) is 0 Å².